The van der Waals surface area contributed by atoms with Gasteiger partial charge < -0.3 is 42.9 Å². The first-order valence-electron chi connectivity index (χ1n) is 11.6. The molecule has 198 valence electrons. The van der Waals surface area contributed by atoms with Crippen LogP contribution >= 0.6 is 0 Å². The highest BCUT2D eigenvalue weighted by Crippen LogP contribution is 2.20. The fourth-order valence-electron chi connectivity index (χ4n) is 3.75. The van der Waals surface area contributed by atoms with Gasteiger partial charge in [-0.05, 0) is 51.5 Å². The molecule has 0 saturated carbocycles. The van der Waals surface area contributed by atoms with Crippen molar-refractivity contribution in [2.45, 2.75) is 82.0 Å². The van der Waals surface area contributed by atoms with E-state index in [0.29, 0.717) is 32.2 Å². The van der Waals surface area contributed by atoms with Gasteiger partial charge in [0.15, 0.2) is 0 Å². The number of primary amides is 1. The highest BCUT2D eigenvalue weighted by molar-refractivity contribution is 5.94. The predicted octanol–water partition coefficient (Wildman–Crippen LogP) is -2.38. The molecule has 1 saturated heterocycles. The van der Waals surface area contributed by atoms with Crippen molar-refractivity contribution in [3.8, 4) is 0 Å². The third kappa shape index (κ3) is 10.3. The number of rotatable bonds is 16. The zero-order valence-corrected chi connectivity index (χ0v) is 19.6. The van der Waals surface area contributed by atoms with E-state index in [9.17, 15) is 33.9 Å². The average Bonchev–Trinajstić information content (AvgIpc) is 3.28. The van der Waals surface area contributed by atoms with Gasteiger partial charge in [-0.1, -0.05) is 0 Å². The van der Waals surface area contributed by atoms with Crippen molar-refractivity contribution < 1.29 is 39.0 Å². The van der Waals surface area contributed by atoms with E-state index < -0.39 is 59.7 Å². The molecule has 4 amide bonds. The molecule has 14 nitrogen and oxygen atoms in total. The Labute approximate surface area is 202 Å². The van der Waals surface area contributed by atoms with Crippen LogP contribution in [0.15, 0.2) is 0 Å². The number of amides is 4. The number of carboxylic acid groups (broad SMARTS) is 2. The number of carbonyl (C=O) groups excluding carboxylic acids is 4. The average molecular weight is 501 g/mol. The Morgan fingerprint density at radius 1 is 0.943 bits per heavy atom. The zero-order chi connectivity index (χ0) is 26.5. The number of aliphatic carboxylic acids is 2. The highest BCUT2D eigenvalue weighted by atomic mass is 16.4. The van der Waals surface area contributed by atoms with Gasteiger partial charge in [-0.15, -0.1) is 0 Å². The minimum atomic E-state index is -1.22. The molecule has 1 fully saturated rings. The molecule has 4 unspecified atom stereocenters. The summed E-state index contributed by atoms with van der Waals surface area (Å²) in [7, 11) is 0. The zero-order valence-electron chi connectivity index (χ0n) is 19.6. The Bertz CT molecular complexity index is 792. The standard InChI is InChI=1S/C21H36N6O8/c22-10-2-1-4-14(21(34)35)26-19(32)15-5-3-11-27(15)20(33)13(7-8-16(24)28)25-18(31)12(23)6-9-17(29)30/h12-15H,1-11,22-23H2,(H2,24,28)(H,25,31)(H,26,32)(H,29,30)(H,34,35). The number of unbranched alkanes of at least 4 members (excludes halogenated alkanes) is 1. The van der Waals surface area contributed by atoms with Crippen LogP contribution in [0.2, 0.25) is 0 Å². The number of nitrogens with two attached hydrogens (primary N) is 3. The SMILES string of the molecule is NCCCCC(NC(=O)C1CCCN1C(=O)C(CCC(N)=O)NC(=O)C(N)CCC(=O)O)C(=O)O. The summed E-state index contributed by atoms with van der Waals surface area (Å²) in [6.07, 6.45) is 1.18. The van der Waals surface area contributed by atoms with Crippen LogP contribution in [-0.4, -0.2) is 87.9 Å². The van der Waals surface area contributed by atoms with Crippen LogP contribution in [-0.2, 0) is 28.8 Å². The van der Waals surface area contributed by atoms with Crippen LogP contribution in [0.25, 0.3) is 0 Å². The predicted molar refractivity (Wildman–Crippen MR) is 122 cm³/mol. The summed E-state index contributed by atoms with van der Waals surface area (Å²) in [5, 5.41) is 23.1. The van der Waals surface area contributed by atoms with Crippen molar-refractivity contribution >= 4 is 35.6 Å². The van der Waals surface area contributed by atoms with E-state index in [2.05, 4.69) is 10.6 Å². The second kappa shape index (κ2) is 14.9. The molecule has 35 heavy (non-hydrogen) atoms. The molecule has 1 rings (SSSR count). The smallest absolute Gasteiger partial charge is 0.326 e. The van der Waals surface area contributed by atoms with Crippen LogP contribution < -0.4 is 27.8 Å². The van der Waals surface area contributed by atoms with E-state index in [-0.39, 0.29) is 38.6 Å². The summed E-state index contributed by atoms with van der Waals surface area (Å²) in [4.78, 5) is 73.3. The number of hydrogen-bond acceptors (Lipinski definition) is 8. The molecule has 0 aromatic carbocycles. The number of likely N-dealkylation sites (tertiary alicyclic amines) is 1. The topological polar surface area (TPSA) is 248 Å². The number of nitrogens with zero attached hydrogens (tertiary/aromatic N) is 1. The van der Waals surface area contributed by atoms with E-state index in [1.807, 2.05) is 0 Å². The van der Waals surface area contributed by atoms with Crippen molar-refractivity contribution in [2.24, 2.45) is 17.2 Å². The molecule has 0 aromatic heterocycles. The van der Waals surface area contributed by atoms with Crippen LogP contribution in [0.5, 0.6) is 0 Å². The van der Waals surface area contributed by atoms with Gasteiger partial charge >= 0.3 is 11.9 Å². The lowest BCUT2D eigenvalue weighted by Gasteiger charge is -2.30. The number of hydrogen-bond donors (Lipinski definition) is 7. The van der Waals surface area contributed by atoms with E-state index in [1.54, 1.807) is 0 Å². The Kier molecular flexibility index (Phi) is 12.7. The molecule has 1 aliphatic heterocycles. The Balaban J connectivity index is 2.92. The summed E-state index contributed by atoms with van der Waals surface area (Å²) in [6.45, 7) is 0.583. The maximum absolute atomic E-state index is 13.2. The van der Waals surface area contributed by atoms with E-state index in [1.165, 1.54) is 4.90 Å². The van der Waals surface area contributed by atoms with Gasteiger partial charge in [0, 0.05) is 19.4 Å². The van der Waals surface area contributed by atoms with E-state index >= 15 is 0 Å². The molecule has 0 radical (unpaired) electrons. The van der Waals surface area contributed by atoms with Gasteiger partial charge in [-0.2, -0.15) is 0 Å². The molecule has 0 spiro atoms. The quantitative estimate of drug-likeness (QED) is 0.111. The van der Waals surface area contributed by atoms with Gasteiger partial charge in [0.1, 0.15) is 18.1 Å². The summed E-state index contributed by atoms with van der Waals surface area (Å²) in [5.74, 6) is -5.09. The molecule has 14 heteroatoms. The van der Waals surface area contributed by atoms with Crippen molar-refractivity contribution in [1.29, 1.82) is 0 Å². The lowest BCUT2D eigenvalue weighted by Crippen LogP contribution is -2.56. The first kappa shape index (κ1) is 29.8. The van der Waals surface area contributed by atoms with Gasteiger partial charge in [0.05, 0.1) is 6.04 Å². The van der Waals surface area contributed by atoms with E-state index in [4.69, 9.17) is 22.3 Å². The lowest BCUT2D eigenvalue weighted by atomic mass is 10.1. The Hall–Kier alpha value is -3.26. The maximum Gasteiger partial charge on any atom is 0.326 e. The summed E-state index contributed by atoms with van der Waals surface area (Å²) < 4.78 is 0. The molecule has 4 atom stereocenters. The highest BCUT2D eigenvalue weighted by Gasteiger charge is 2.39. The van der Waals surface area contributed by atoms with Gasteiger partial charge in [0.2, 0.25) is 23.6 Å². The fraction of sp³-hybridized carbons (Fsp3) is 0.714. The summed E-state index contributed by atoms with van der Waals surface area (Å²) in [6, 6.07) is -4.51. The van der Waals surface area contributed by atoms with Gasteiger partial charge in [-0.25, -0.2) is 4.79 Å². The third-order valence-corrected chi connectivity index (χ3v) is 5.70. The van der Waals surface area contributed by atoms with Crippen molar-refractivity contribution in [1.82, 2.24) is 15.5 Å². The molecule has 1 aliphatic rings. The number of carbonyl (C=O) groups is 6. The minimum absolute atomic E-state index is 0.146. The molecule has 1 heterocycles. The number of carboxylic acids is 2. The van der Waals surface area contributed by atoms with Crippen molar-refractivity contribution in [2.75, 3.05) is 13.1 Å². The van der Waals surface area contributed by atoms with Crippen molar-refractivity contribution in [3.05, 3.63) is 0 Å². The lowest BCUT2D eigenvalue weighted by molar-refractivity contribution is -0.145. The normalized spacial score (nSPS) is 17.8. The maximum atomic E-state index is 13.2. The van der Waals surface area contributed by atoms with Crippen LogP contribution in [0, 0.1) is 0 Å². The van der Waals surface area contributed by atoms with E-state index in [0.717, 1.165) is 0 Å². The van der Waals surface area contributed by atoms with Crippen LogP contribution in [0.3, 0.4) is 0 Å². The van der Waals surface area contributed by atoms with Gasteiger partial charge in [-0.3, -0.25) is 24.0 Å². The molecule has 10 N–H and O–H groups in total. The Morgan fingerprint density at radius 2 is 1.63 bits per heavy atom. The first-order valence-corrected chi connectivity index (χ1v) is 11.6. The third-order valence-electron chi connectivity index (χ3n) is 5.70. The second-order valence-electron chi connectivity index (χ2n) is 8.48. The van der Waals surface area contributed by atoms with Crippen LogP contribution in [0.1, 0.15) is 57.8 Å². The second-order valence-corrected chi connectivity index (χ2v) is 8.48. The fourth-order valence-corrected chi connectivity index (χ4v) is 3.75. The first-order chi connectivity index (χ1) is 16.5. The van der Waals surface area contributed by atoms with Gasteiger partial charge in [0.25, 0.3) is 0 Å². The summed E-state index contributed by atoms with van der Waals surface area (Å²) in [5.41, 5.74) is 16.3. The molecule has 0 aliphatic carbocycles. The van der Waals surface area contributed by atoms with Crippen LogP contribution in [0.4, 0.5) is 0 Å². The molecule has 0 aromatic rings. The minimum Gasteiger partial charge on any atom is -0.481 e. The molecular formula is C21H36N6O8. The van der Waals surface area contributed by atoms with Crippen molar-refractivity contribution in [3.63, 3.8) is 0 Å². The monoisotopic (exact) mass is 500 g/mol. The number of nitrogens with one attached hydrogen (secondary N) is 2. The Morgan fingerprint density at radius 3 is 2.20 bits per heavy atom. The molecular weight excluding hydrogens is 464 g/mol. The molecule has 0 bridgehead atoms. The largest absolute Gasteiger partial charge is 0.481 e. The summed E-state index contributed by atoms with van der Waals surface area (Å²) >= 11 is 0.